The summed E-state index contributed by atoms with van der Waals surface area (Å²) in [6, 6.07) is 17.9. The number of nitrogen functional groups attached to an aromatic ring is 1. The first-order valence-corrected chi connectivity index (χ1v) is 12.2. The minimum atomic E-state index is 0.298. The van der Waals surface area contributed by atoms with Crippen LogP contribution in [0.1, 0.15) is 42.9 Å². The van der Waals surface area contributed by atoms with Gasteiger partial charge in [0, 0.05) is 34.3 Å². The van der Waals surface area contributed by atoms with Gasteiger partial charge in [-0.1, -0.05) is 18.2 Å². The van der Waals surface area contributed by atoms with Crippen molar-refractivity contribution in [3.8, 4) is 22.9 Å². The average molecular weight is 481 g/mol. The van der Waals surface area contributed by atoms with Gasteiger partial charge < -0.3 is 21.2 Å². The first kappa shape index (κ1) is 22.2. The first-order valence-electron chi connectivity index (χ1n) is 12.2. The molecule has 0 amide bonds. The molecule has 6 rings (SSSR count). The maximum atomic E-state index is 6.25. The van der Waals surface area contributed by atoms with Gasteiger partial charge in [-0.05, 0) is 69.0 Å². The Kier molecular flexibility index (Phi) is 5.61. The van der Waals surface area contributed by atoms with E-state index in [0.717, 1.165) is 65.1 Å². The van der Waals surface area contributed by atoms with Gasteiger partial charge in [-0.25, -0.2) is 9.50 Å². The summed E-state index contributed by atoms with van der Waals surface area (Å²) >= 11 is 0. The number of hydrogen-bond donors (Lipinski definition) is 3. The van der Waals surface area contributed by atoms with Gasteiger partial charge in [0.05, 0.1) is 17.6 Å². The molecule has 0 radical (unpaired) electrons. The van der Waals surface area contributed by atoms with E-state index >= 15 is 0 Å². The van der Waals surface area contributed by atoms with Crippen molar-refractivity contribution in [1.82, 2.24) is 24.8 Å². The SMILES string of the molecule is Cc1c(N)nn2cc(C3CCC(N)CC3)nc2c1Nc1ccc(-c2nnc(-c3ccccc3)o2)cc1. The van der Waals surface area contributed by atoms with E-state index in [1.807, 2.05) is 67.7 Å². The first-order chi connectivity index (χ1) is 17.5. The number of benzene rings is 2. The zero-order chi connectivity index (χ0) is 24.6. The molecule has 182 valence electrons. The maximum absolute atomic E-state index is 6.25. The van der Waals surface area contributed by atoms with Crippen LogP contribution in [-0.4, -0.2) is 30.8 Å². The zero-order valence-corrected chi connectivity index (χ0v) is 20.1. The Balaban J connectivity index is 1.27. The molecule has 0 saturated heterocycles. The minimum absolute atomic E-state index is 0.298. The third-order valence-corrected chi connectivity index (χ3v) is 6.94. The van der Waals surface area contributed by atoms with Gasteiger partial charge >= 0.3 is 0 Å². The van der Waals surface area contributed by atoms with Crippen molar-refractivity contribution in [3.63, 3.8) is 0 Å². The largest absolute Gasteiger partial charge is 0.416 e. The monoisotopic (exact) mass is 480 g/mol. The van der Waals surface area contributed by atoms with E-state index in [0.29, 0.717) is 29.6 Å². The third kappa shape index (κ3) is 4.18. The number of nitrogens with one attached hydrogen (secondary N) is 1. The fourth-order valence-corrected chi connectivity index (χ4v) is 4.76. The van der Waals surface area contributed by atoms with Gasteiger partial charge in [-0.15, -0.1) is 15.3 Å². The van der Waals surface area contributed by atoms with Crippen LogP contribution in [0.3, 0.4) is 0 Å². The molecule has 0 spiro atoms. The zero-order valence-electron chi connectivity index (χ0n) is 20.1. The van der Waals surface area contributed by atoms with E-state index in [2.05, 4.69) is 20.6 Å². The van der Waals surface area contributed by atoms with E-state index in [9.17, 15) is 0 Å². The van der Waals surface area contributed by atoms with Crippen LogP contribution in [0.15, 0.2) is 65.2 Å². The molecule has 9 heteroatoms. The number of nitrogens with two attached hydrogens (primary N) is 2. The van der Waals surface area contributed by atoms with Gasteiger partial charge in [0.25, 0.3) is 0 Å². The summed E-state index contributed by atoms with van der Waals surface area (Å²) < 4.78 is 7.67. The van der Waals surface area contributed by atoms with Crippen molar-refractivity contribution in [2.75, 3.05) is 11.1 Å². The number of fused-ring (bicyclic) bond motifs is 1. The highest BCUT2D eigenvalue weighted by atomic mass is 16.4. The molecule has 0 aliphatic heterocycles. The van der Waals surface area contributed by atoms with Crippen molar-refractivity contribution in [2.45, 2.75) is 44.6 Å². The van der Waals surface area contributed by atoms with Gasteiger partial charge in [-0.2, -0.15) is 0 Å². The van der Waals surface area contributed by atoms with Gasteiger partial charge in [0.15, 0.2) is 5.65 Å². The summed E-state index contributed by atoms with van der Waals surface area (Å²) in [7, 11) is 0. The molecule has 1 aliphatic carbocycles. The fraction of sp³-hybridized carbons (Fsp3) is 0.259. The summed E-state index contributed by atoms with van der Waals surface area (Å²) in [4.78, 5) is 4.96. The molecule has 0 atom stereocenters. The molecular weight excluding hydrogens is 452 g/mol. The Morgan fingerprint density at radius 3 is 2.28 bits per heavy atom. The van der Waals surface area contributed by atoms with Crippen LogP contribution < -0.4 is 16.8 Å². The standard InChI is InChI=1S/C27H28N8O/c1-16-23(25-31-22(15-35(25)34-24(16)29)17-7-11-20(28)12-8-17)30-21-13-9-19(10-14-21)27-33-32-26(36-27)18-5-3-2-4-6-18/h2-6,9-10,13-15,17,20,30H,7-8,11-12,28H2,1H3,(H2,29,34). The Labute approximate surface area is 208 Å². The van der Waals surface area contributed by atoms with Crippen LogP contribution in [0.4, 0.5) is 17.2 Å². The van der Waals surface area contributed by atoms with Crippen molar-refractivity contribution in [2.24, 2.45) is 5.73 Å². The topological polar surface area (TPSA) is 133 Å². The van der Waals surface area contributed by atoms with Crippen molar-refractivity contribution < 1.29 is 4.42 Å². The summed E-state index contributed by atoms with van der Waals surface area (Å²) in [5, 5.41) is 16.4. The number of imidazole rings is 1. The predicted octanol–water partition coefficient (Wildman–Crippen LogP) is 5.07. The average Bonchev–Trinajstić information content (AvgIpc) is 3.56. The summed E-state index contributed by atoms with van der Waals surface area (Å²) in [5.74, 6) is 1.83. The van der Waals surface area contributed by atoms with Gasteiger partial charge in [0.1, 0.15) is 5.82 Å². The predicted molar refractivity (Wildman–Crippen MR) is 140 cm³/mol. The molecule has 9 nitrogen and oxygen atoms in total. The van der Waals surface area contributed by atoms with E-state index in [1.54, 1.807) is 4.52 Å². The lowest BCUT2D eigenvalue weighted by molar-refractivity contribution is 0.391. The molecule has 3 heterocycles. The van der Waals surface area contributed by atoms with Crippen molar-refractivity contribution >= 4 is 22.8 Å². The van der Waals surface area contributed by atoms with Crippen LogP contribution in [0.5, 0.6) is 0 Å². The highest BCUT2D eigenvalue weighted by molar-refractivity contribution is 5.80. The quantitative estimate of drug-likeness (QED) is 0.318. The van der Waals surface area contributed by atoms with Gasteiger partial charge in [0.2, 0.25) is 11.8 Å². The molecule has 0 unspecified atom stereocenters. The summed E-state index contributed by atoms with van der Waals surface area (Å²) in [6.07, 6.45) is 6.15. The fourth-order valence-electron chi connectivity index (χ4n) is 4.76. The lowest BCUT2D eigenvalue weighted by Crippen LogP contribution is -2.25. The highest BCUT2D eigenvalue weighted by Crippen LogP contribution is 2.35. The van der Waals surface area contributed by atoms with Gasteiger partial charge in [-0.3, -0.25) is 0 Å². The second-order valence-corrected chi connectivity index (χ2v) is 9.41. The third-order valence-electron chi connectivity index (χ3n) is 6.94. The normalized spacial score (nSPS) is 17.9. The number of nitrogens with zero attached hydrogens (tertiary/aromatic N) is 5. The molecule has 1 saturated carbocycles. The second kappa shape index (κ2) is 9.09. The minimum Gasteiger partial charge on any atom is -0.416 e. The molecule has 0 bridgehead atoms. The van der Waals surface area contributed by atoms with E-state index in [1.165, 1.54) is 0 Å². The van der Waals surface area contributed by atoms with E-state index in [4.69, 9.17) is 20.9 Å². The van der Waals surface area contributed by atoms with Crippen LogP contribution in [-0.2, 0) is 0 Å². The van der Waals surface area contributed by atoms with Crippen molar-refractivity contribution in [3.05, 3.63) is 72.1 Å². The Morgan fingerprint density at radius 2 is 1.58 bits per heavy atom. The van der Waals surface area contributed by atoms with Crippen LogP contribution in [0.25, 0.3) is 28.6 Å². The molecule has 1 aliphatic rings. The highest BCUT2D eigenvalue weighted by Gasteiger charge is 2.24. The molecule has 3 aromatic heterocycles. The lowest BCUT2D eigenvalue weighted by Gasteiger charge is -2.24. The Hall–Kier alpha value is -4.24. The van der Waals surface area contributed by atoms with Crippen LogP contribution in [0.2, 0.25) is 0 Å². The second-order valence-electron chi connectivity index (χ2n) is 9.41. The number of anilines is 3. The molecule has 36 heavy (non-hydrogen) atoms. The lowest BCUT2D eigenvalue weighted by atomic mass is 9.85. The van der Waals surface area contributed by atoms with E-state index in [-0.39, 0.29) is 0 Å². The smallest absolute Gasteiger partial charge is 0.248 e. The van der Waals surface area contributed by atoms with Crippen LogP contribution in [0, 0.1) is 6.92 Å². The van der Waals surface area contributed by atoms with Crippen LogP contribution >= 0.6 is 0 Å². The molecule has 2 aromatic carbocycles. The number of hydrogen-bond acceptors (Lipinski definition) is 8. The maximum Gasteiger partial charge on any atom is 0.248 e. The molecular formula is C27H28N8O. The molecule has 5 N–H and O–H groups in total. The number of rotatable bonds is 5. The molecule has 5 aromatic rings. The summed E-state index contributed by atoms with van der Waals surface area (Å²) in [5.41, 5.74) is 18.5. The summed E-state index contributed by atoms with van der Waals surface area (Å²) in [6.45, 7) is 1.95. The Bertz CT molecular complexity index is 1500. The number of aromatic nitrogens is 5. The van der Waals surface area contributed by atoms with E-state index < -0.39 is 0 Å². The molecule has 1 fully saturated rings. The van der Waals surface area contributed by atoms with Crippen molar-refractivity contribution in [1.29, 1.82) is 0 Å². The Morgan fingerprint density at radius 1 is 0.917 bits per heavy atom.